The summed E-state index contributed by atoms with van der Waals surface area (Å²) in [5, 5.41) is 9.96. The molecular formula is C16H16N2O2S. The molecule has 1 aromatic carbocycles. The van der Waals surface area contributed by atoms with E-state index in [4.69, 9.17) is 5.73 Å². The molecule has 3 rings (SSSR count). The van der Waals surface area contributed by atoms with Gasteiger partial charge in [-0.2, -0.15) is 0 Å². The number of amides is 1. The van der Waals surface area contributed by atoms with E-state index in [1.54, 1.807) is 41.8 Å². The van der Waals surface area contributed by atoms with E-state index in [1.807, 2.05) is 0 Å². The minimum atomic E-state index is -0.396. The largest absolute Gasteiger partial charge is 0.508 e. The molecule has 4 nitrogen and oxygen atoms in total. The Hall–Kier alpha value is -2.14. The number of fused-ring (bicyclic) bond motifs is 1. The van der Waals surface area contributed by atoms with E-state index in [-0.39, 0.29) is 5.75 Å². The lowest BCUT2D eigenvalue weighted by molar-refractivity contribution is 0.100. The average Bonchev–Trinajstić information content (AvgIpc) is 2.85. The van der Waals surface area contributed by atoms with E-state index in [0.717, 1.165) is 36.8 Å². The molecular weight excluding hydrogens is 284 g/mol. The molecule has 0 atom stereocenters. The lowest BCUT2D eigenvalue weighted by Crippen LogP contribution is -2.14. The topological polar surface area (TPSA) is 75.7 Å². The van der Waals surface area contributed by atoms with E-state index in [9.17, 15) is 9.90 Å². The van der Waals surface area contributed by atoms with Crippen LogP contribution in [-0.4, -0.2) is 17.2 Å². The number of benzene rings is 1. The highest BCUT2D eigenvalue weighted by atomic mass is 32.1. The van der Waals surface area contributed by atoms with Crippen molar-refractivity contribution >= 4 is 28.5 Å². The molecule has 0 radical (unpaired) electrons. The minimum Gasteiger partial charge on any atom is -0.508 e. The molecule has 0 aliphatic heterocycles. The standard InChI is InChI=1S/C16H16N2O2S/c17-15(20)14-12-3-1-2-4-13(12)21-16(14)18-9-10-5-7-11(19)8-6-10/h5-9,19H,1-4H2,(H2,17,20). The van der Waals surface area contributed by atoms with Gasteiger partial charge in [-0.25, -0.2) is 4.99 Å². The number of aryl methyl sites for hydroxylation is 1. The summed E-state index contributed by atoms with van der Waals surface area (Å²) in [6, 6.07) is 6.76. The van der Waals surface area contributed by atoms with Gasteiger partial charge in [-0.3, -0.25) is 4.79 Å². The molecule has 5 heteroatoms. The smallest absolute Gasteiger partial charge is 0.252 e. The highest BCUT2D eigenvalue weighted by Gasteiger charge is 2.23. The first-order chi connectivity index (χ1) is 10.1. The van der Waals surface area contributed by atoms with E-state index >= 15 is 0 Å². The molecule has 1 amide bonds. The van der Waals surface area contributed by atoms with Crippen LogP contribution >= 0.6 is 11.3 Å². The van der Waals surface area contributed by atoms with Crippen LogP contribution in [0.25, 0.3) is 0 Å². The van der Waals surface area contributed by atoms with Gasteiger partial charge < -0.3 is 10.8 Å². The second-order valence-corrected chi connectivity index (χ2v) is 6.19. The van der Waals surface area contributed by atoms with Crippen LogP contribution in [0.2, 0.25) is 0 Å². The number of nitrogens with zero attached hydrogens (tertiary/aromatic N) is 1. The van der Waals surface area contributed by atoms with Crippen LogP contribution in [0, 0.1) is 0 Å². The van der Waals surface area contributed by atoms with Gasteiger partial charge in [0.2, 0.25) is 0 Å². The molecule has 3 N–H and O–H groups in total. The molecule has 1 aromatic heterocycles. The highest BCUT2D eigenvalue weighted by Crippen LogP contribution is 2.39. The summed E-state index contributed by atoms with van der Waals surface area (Å²) in [6.45, 7) is 0. The van der Waals surface area contributed by atoms with E-state index < -0.39 is 5.91 Å². The number of phenolic OH excluding ortho intramolecular Hbond substituents is 1. The third-order valence-corrected chi connectivity index (χ3v) is 4.82. The summed E-state index contributed by atoms with van der Waals surface area (Å²) in [5.74, 6) is -0.177. The summed E-state index contributed by atoms with van der Waals surface area (Å²) >= 11 is 1.56. The maximum absolute atomic E-state index is 11.7. The lowest BCUT2D eigenvalue weighted by Gasteiger charge is -2.10. The zero-order chi connectivity index (χ0) is 14.8. The van der Waals surface area contributed by atoms with Crippen molar-refractivity contribution in [2.24, 2.45) is 10.7 Å². The van der Waals surface area contributed by atoms with Gasteiger partial charge in [0.15, 0.2) is 0 Å². The number of nitrogens with two attached hydrogens (primary N) is 1. The predicted molar refractivity (Wildman–Crippen MR) is 84.8 cm³/mol. The molecule has 108 valence electrons. The van der Waals surface area contributed by atoms with Gasteiger partial charge in [-0.1, -0.05) is 0 Å². The number of thiophene rings is 1. The quantitative estimate of drug-likeness (QED) is 0.854. The molecule has 1 aliphatic carbocycles. The zero-order valence-corrected chi connectivity index (χ0v) is 12.3. The van der Waals surface area contributed by atoms with Crippen LogP contribution in [0.1, 0.15) is 39.2 Å². The maximum Gasteiger partial charge on any atom is 0.252 e. The van der Waals surface area contributed by atoms with Gasteiger partial charge in [0, 0.05) is 11.1 Å². The first kappa shape index (κ1) is 13.8. The molecule has 2 aromatic rings. The highest BCUT2D eigenvalue weighted by molar-refractivity contribution is 7.16. The summed E-state index contributed by atoms with van der Waals surface area (Å²) < 4.78 is 0. The number of hydrogen-bond acceptors (Lipinski definition) is 4. The molecule has 0 bridgehead atoms. The number of hydrogen-bond donors (Lipinski definition) is 2. The van der Waals surface area contributed by atoms with E-state index in [0.29, 0.717) is 10.6 Å². The fraction of sp³-hybridized carbons (Fsp3) is 0.250. The Kier molecular flexibility index (Phi) is 3.75. The second-order valence-electron chi connectivity index (χ2n) is 5.11. The van der Waals surface area contributed by atoms with Gasteiger partial charge in [0.25, 0.3) is 5.91 Å². The number of carbonyl (C=O) groups excluding carboxylic acids is 1. The molecule has 0 saturated heterocycles. The Morgan fingerprint density at radius 3 is 2.67 bits per heavy atom. The number of carbonyl (C=O) groups is 1. The lowest BCUT2D eigenvalue weighted by atomic mass is 9.95. The van der Waals surface area contributed by atoms with Crippen LogP contribution in [0.3, 0.4) is 0 Å². The number of primary amides is 1. The molecule has 0 unspecified atom stereocenters. The molecule has 0 fully saturated rings. The fourth-order valence-electron chi connectivity index (χ4n) is 2.59. The average molecular weight is 300 g/mol. The summed E-state index contributed by atoms with van der Waals surface area (Å²) in [7, 11) is 0. The van der Waals surface area contributed by atoms with Crippen molar-refractivity contribution < 1.29 is 9.90 Å². The first-order valence-corrected chi connectivity index (χ1v) is 7.74. The Morgan fingerprint density at radius 2 is 1.95 bits per heavy atom. The van der Waals surface area contributed by atoms with E-state index in [1.165, 1.54) is 4.88 Å². The SMILES string of the molecule is NC(=O)c1c(N=Cc2ccc(O)cc2)sc2c1CCCC2. The predicted octanol–water partition coefficient (Wildman–Crippen LogP) is 3.18. The molecule has 1 aliphatic rings. The summed E-state index contributed by atoms with van der Waals surface area (Å²) in [6.07, 6.45) is 5.88. The van der Waals surface area contributed by atoms with E-state index in [2.05, 4.69) is 4.99 Å². The Balaban J connectivity index is 1.96. The van der Waals surface area contributed by atoms with Crippen molar-refractivity contribution in [1.29, 1.82) is 0 Å². The van der Waals surface area contributed by atoms with Crippen molar-refractivity contribution in [3.63, 3.8) is 0 Å². The third-order valence-electron chi connectivity index (χ3n) is 3.62. The number of aromatic hydroxyl groups is 1. The Labute approximate surface area is 127 Å². The van der Waals surface area contributed by atoms with Crippen LogP contribution in [0.15, 0.2) is 29.3 Å². The van der Waals surface area contributed by atoms with Gasteiger partial charge in [-0.15, -0.1) is 11.3 Å². The van der Waals surface area contributed by atoms with Gasteiger partial charge in [-0.05, 0) is 61.1 Å². The molecule has 1 heterocycles. The van der Waals surface area contributed by atoms with Crippen molar-refractivity contribution in [1.82, 2.24) is 0 Å². The molecule has 0 saturated carbocycles. The molecule has 0 spiro atoms. The first-order valence-electron chi connectivity index (χ1n) is 6.92. The number of aliphatic imine (C=N–C) groups is 1. The molecule has 21 heavy (non-hydrogen) atoms. The summed E-state index contributed by atoms with van der Waals surface area (Å²) in [4.78, 5) is 17.4. The number of rotatable bonds is 3. The zero-order valence-electron chi connectivity index (χ0n) is 11.5. The Morgan fingerprint density at radius 1 is 1.24 bits per heavy atom. The van der Waals surface area contributed by atoms with Crippen LogP contribution in [0.5, 0.6) is 5.75 Å². The van der Waals surface area contributed by atoms with Gasteiger partial charge >= 0.3 is 0 Å². The van der Waals surface area contributed by atoms with Crippen LogP contribution < -0.4 is 5.73 Å². The van der Waals surface area contributed by atoms with Crippen molar-refractivity contribution in [2.45, 2.75) is 25.7 Å². The van der Waals surface area contributed by atoms with Crippen molar-refractivity contribution in [3.8, 4) is 5.75 Å². The van der Waals surface area contributed by atoms with Crippen LogP contribution in [0.4, 0.5) is 5.00 Å². The monoisotopic (exact) mass is 300 g/mol. The minimum absolute atomic E-state index is 0.219. The number of phenols is 1. The van der Waals surface area contributed by atoms with Crippen molar-refractivity contribution in [3.05, 3.63) is 45.8 Å². The van der Waals surface area contributed by atoms with Gasteiger partial charge in [0.1, 0.15) is 10.8 Å². The fourth-order valence-corrected chi connectivity index (χ4v) is 3.83. The maximum atomic E-state index is 11.7. The third kappa shape index (κ3) is 2.83. The summed E-state index contributed by atoms with van der Waals surface area (Å²) in [5.41, 5.74) is 8.08. The van der Waals surface area contributed by atoms with Gasteiger partial charge in [0.05, 0.1) is 5.56 Å². The second kappa shape index (κ2) is 5.69. The van der Waals surface area contributed by atoms with Crippen molar-refractivity contribution in [2.75, 3.05) is 0 Å². The Bertz CT molecular complexity index is 702. The van der Waals surface area contributed by atoms with Crippen LogP contribution in [-0.2, 0) is 12.8 Å². The normalized spacial score (nSPS) is 14.3.